The minimum atomic E-state index is -0.533. The first-order chi connectivity index (χ1) is 13.1. The smallest absolute Gasteiger partial charge is 0.363 e. The molecule has 1 aliphatic rings. The van der Waals surface area contributed by atoms with Gasteiger partial charge in [0.15, 0.2) is 5.70 Å². The lowest BCUT2D eigenvalue weighted by Gasteiger charge is -2.06. The zero-order valence-corrected chi connectivity index (χ0v) is 14.8. The molecule has 1 aliphatic heterocycles. The summed E-state index contributed by atoms with van der Waals surface area (Å²) in [7, 11) is 0. The minimum absolute atomic E-state index is 0.157. The summed E-state index contributed by atoms with van der Waals surface area (Å²) < 4.78 is 10.9. The van der Waals surface area contributed by atoms with E-state index in [0.717, 1.165) is 5.56 Å². The molecule has 2 aromatic rings. The van der Waals surface area contributed by atoms with Crippen molar-refractivity contribution in [1.82, 2.24) is 0 Å². The first-order valence-electron chi connectivity index (χ1n) is 8.30. The molecule has 0 saturated carbocycles. The van der Waals surface area contributed by atoms with Gasteiger partial charge in [0.05, 0.1) is 0 Å². The zero-order valence-electron chi connectivity index (χ0n) is 14.8. The number of anilines is 1. The lowest BCUT2D eigenvalue weighted by atomic mass is 10.1. The van der Waals surface area contributed by atoms with Crippen molar-refractivity contribution >= 4 is 29.5 Å². The molecule has 27 heavy (non-hydrogen) atoms. The Hall–Kier alpha value is -3.67. The standard InChI is InChI=1S/C21H18N2O4/c1-3-12-26-19-7-5-4-6-16(19)13-18-21(25)27-20(23-18)15-8-10-17(11-9-15)22-14(2)24/h3-11,13H,1,12H2,2H3,(H,22,24)/b18-13-. The van der Waals surface area contributed by atoms with E-state index < -0.39 is 5.97 Å². The van der Waals surface area contributed by atoms with Gasteiger partial charge in [-0.05, 0) is 36.4 Å². The highest BCUT2D eigenvalue weighted by Gasteiger charge is 2.24. The lowest BCUT2D eigenvalue weighted by molar-refractivity contribution is -0.129. The molecule has 0 saturated heterocycles. The Labute approximate surface area is 156 Å². The van der Waals surface area contributed by atoms with E-state index in [-0.39, 0.29) is 17.5 Å². The van der Waals surface area contributed by atoms with Gasteiger partial charge in [-0.1, -0.05) is 30.9 Å². The third-order valence-electron chi connectivity index (χ3n) is 3.64. The van der Waals surface area contributed by atoms with Crippen molar-refractivity contribution in [2.75, 3.05) is 11.9 Å². The molecule has 0 aromatic heterocycles. The number of carbonyl (C=O) groups is 2. The van der Waals surface area contributed by atoms with Crippen LogP contribution >= 0.6 is 0 Å². The van der Waals surface area contributed by atoms with Crippen LogP contribution in [0.25, 0.3) is 6.08 Å². The molecule has 136 valence electrons. The molecule has 0 bridgehead atoms. The number of ether oxygens (including phenoxy) is 2. The Morgan fingerprint density at radius 1 is 1.22 bits per heavy atom. The maximum atomic E-state index is 12.2. The molecule has 0 spiro atoms. The van der Waals surface area contributed by atoms with E-state index in [4.69, 9.17) is 9.47 Å². The van der Waals surface area contributed by atoms with E-state index in [1.165, 1.54) is 6.92 Å². The van der Waals surface area contributed by atoms with Gasteiger partial charge in [-0.3, -0.25) is 4.79 Å². The summed E-state index contributed by atoms with van der Waals surface area (Å²) >= 11 is 0. The second-order valence-electron chi connectivity index (χ2n) is 5.73. The van der Waals surface area contributed by atoms with Crippen LogP contribution in [-0.2, 0) is 14.3 Å². The number of hydrogen-bond acceptors (Lipinski definition) is 5. The summed E-state index contributed by atoms with van der Waals surface area (Å²) in [5.41, 5.74) is 2.19. The third-order valence-corrected chi connectivity index (χ3v) is 3.64. The number of esters is 1. The second-order valence-corrected chi connectivity index (χ2v) is 5.73. The topological polar surface area (TPSA) is 77.0 Å². The molecule has 1 N–H and O–H groups in total. The molecule has 0 aliphatic carbocycles. The fraction of sp³-hybridized carbons (Fsp3) is 0.0952. The summed E-state index contributed by atoms with van der Waals surface area (Å²) in [6.45, 7) is 5.42. The predicted molar refractivity (Wildman–Crippen MR) is 103 cm³/mol. The number of rotatable bonds is 6. The van der Waals surface area contributed by atoms with Crippen LogP contribution in [0, 0.1) is 0 Å². The van der Waals surface area contributed by atoms with Gasteiger partial charge in [-0.15, -0.1) is 0 Å². The average Bonchev–Trinajstić information content (AvgIpc) is 3.02. The van der Waals surface area contributed by atoms with Crippen LogP contribution < -0.4 is 10.1 Å². The van der Waals surface area contributed by atoms with E-state index in [1.54, 1.807) is 36.4 Å². The molecule has 0 fully saturated rings. The highest BCUT2D eigenvalue weighted by molar-refractivity contribution is 6.13. The number of cyclic esters (lactones) is 1. The number of amides is 1. The molecule has 0 radical (unpaired) electrons. The average molecular weight is 362 g/mol. The van der Waals surface area contributed by atoms with Crippen LogP contribution in [-0.4, -0.2) is 24.4 Å². The summed E-state index contributed by atoms with van der Waals surface area (Å²) in [6.07, 6.45) is 3.27. The first-order valence-corrected chi connectivity index (χ1v) is 8.30. The van der Waals surface area contributed by atoms with Crippen molar-refractivity contribution in [2.45, 2.75) is 6.92 Å². The van der Waals surface area contributed by atoms with E-state index >= 15 is 0 Å². The normalized spacial score (nSPS) is 14.5. The number of nitrogens with one attached hydrogen (secondary N) is 1. The van der Waals surface area contributed by atoms with E-state index in [1.807, 2.05) is 24.3 Å². The number of carbonyl (C=O) groups excluding carboxylic acids is 2. The fourth-order valence-electron chi connectivity index (χ4n) is 2.46. The van der Waals surface area contributed by atoms with Gasteiger partial charge in [-0.25, -0.2) is 9.79 Å². The third kappa shape index (κ3) is 4.49. The summed E-state index contributed by atoms with van der Waals surface area (Å²) in [4.78, 5) is 27.6. The highest BCUT2D eigenvalue weighted by Crippen LogP contribution is 2.25. The first kappa shape index (κ1) is 18.1. The Bertz CT molecular complexity index is 943. The molecule has 0 unspecified atom stereocenters. The van der Waals surface area contributed by atoms with Crippen LogP contribution in [0.3, 0.4) is 0 Å². The maximum Gasteiger partial charge on any atom is 0.363 e. The molecule has 0 atom stereocenters. The monoisotopic (exact) mass is 362 g/mol. The Balaban J connectivity index is 1.85. The van der Waals surface area contributed by atoms with Gasteiger partial charge in [-0.2, -0.15) is 0 Å². The predicted octanol–water partition coefficient (Wildman–Crippen LogP) is 3.55. The van der Waals surface area contributed by atoms with Crippen molar-refractivity contribution < 1.29 is 19.1 Å². The van der Waals surface area contributed by atoms with Crippen molar-refractivity contribution in [3.05, 3.63) is 78.0 Å². The number of aliphatic imine (C=N–C) groups is 1. The van der Waals surface area contributed by atoms with Crippen LogP contribution in [0.1, 0.15) is 18.1 Å². The summed E-state index contributed by atoms with van der Waals surface area (Å²) in [5, 5.41) is 2.68. The number of hydrogen-bond donors (Lipinski definition) is 1. The van der Waals surface area contributed by atoms with Crippen molar-refractivity contribution in [1.29, 1.82) is 0 Å². The molecule has 2 aromatic carbocycles. The van der Waals surface area contributed by atoms with Gasteiger partial charge < -0.3 is 14.8 Å². The maximum absolute atomic E-state index is 12.2. The number of nitrogens with zero attached hydrogens (tertiary/aromatic N) is 1. The number of para-hydroxylation sites is 1. The van der Waals surface area contributed by atoms with Gasteiger partial charge >= 0.3 is 5.97 Å². The Morgan fingerprint density at radius 2 is 1.96 bits per heavy atom. The Morgan fingerprint density at radius 3 is 2.67 bits per heavy atom. The Kier molecular flexibility index (Phi) is 5.47. The van der Waals surface area contributed by atoms with Crippen molar-refractivity contribution in [3.63, 3.8) is 0 Å². The molecule has 6 heteroatoms. The van der Waals surface area contributed by atoms with E-state index in [9.17, 15) is 9.59 Å². The van der Waals surface area contributed by atoms with Crippen LogP contribution in [0.15, 0.2) is 71.9 Å². The van der Waals surface area contributed by atoms with Crippen LogP contribution in [0.2, 0.25) is 0 Å². The SMILES string of the molecule is C=CCOc1ccccc1/C=C1\N=C(c2ccc(NC(C)=O)cc2)OC1=O. The molecular formula is C21H18N2O4. The molecule has 1 heterocycles. The molecular weight excluding hydrogens is 344 g/mol. The number of benzene rings is 2. The zero-order chi connectivity index (χ0) is 19.2. The highest BCUT2D eigenvalue weighted by atomic mass is 16.6. The lowest BCUT2D eigenvalue weighted by Crippen LogP contribution is -2.07. The summed E-state index contributed by atoms with van der Waals surface area (Å²) in [6, 6.07) is 14.2. The van der Waals surface area contributed by atoms with Gasteiger partial charge in [0.25, 0.3) is 0 Å². The summed E-state index contributed by atoms with van der Waals surface area (Å²) in [5.74, 6) is 0.149. The van der Waals surface area contributed by atoms with Crippen LogP contribution in [0.5, 0.6) is 5.75 Å². The van der Waals surface area contributed by atoms with E-state index in [0.29, 0.717) is 23.6 Å². The minimum Gasteiger partial charge on any atom is -0.489 e. The fourth-order valence-corrected chi connectivity index (χ4v) is 2.46. The van der Waals surface area contributed by atoms with Gasteiger partial charge in [0.2, 0.25) is 11.8 Å². The molecule has 6 nitrogen and oxygen atoms in total. The van der Waals surface area contributed by atoms with Crippen molar-refractivity contribution in [2.24, 2.45) is 4.99 Å². The van der Waals surface area contributed by atoms with Gasteiger partial charge in [0.1, 0.15) is 12.4 Å². The van der Waals surface area contributed by atoms with Crippen LogP contribution in [0.4, 0.5) is 5.69 Å². The van der Waals surface area contributed by atoms with Crippen molar-refractivity contribution in [3.8, 4) is 5.75 Å². The van der Waals surface area contributed by atoms with E-state index in [2.05, 4.69) is 16.9 Å². The largest absolute Gasteiger partial charge is 0.489 e. The van der Waals surface area contributed by atoms with Gasteiger partial charge in [0, 0.05) is 23.7 Å². The second kappa shape index (κ2) is 8.14. The molecule has 1 amide bonds. The quantitative estimate of drug-likeness (QED) is 0.484. The molecule has 3 rings (SSSR count).